The van der Waals surface area contributed by atoms with E-state index in [1.165, 1.54) is 0 Å². The van der Waals surface area contributed by atoms with Crippen molar-refractivity contribution in [1.29, 1.82) is 0 Å². The van der Waals surface area contributed by atoms with Gasteiger partial charge in [-0.3, -0.25) is 0 Å². The molecule has 118 valence electrons. The summed E-state index contributed by atoms with van der Waals surface area (Å²) in [6, 6.07) is 7.11. The van der Waals surface area contributed by atoms with E-state index in [-0.39, 0.29) is 0 Å². The molecule has 2 rings (SSSR count). The van der Waals surface area contributed by atoms with E-state index in [0.29, 0.717) is 23.0 Å². The molecule has 2 N–H and O–H groups in total. The van der Waals surface area contributed by atoms with Gasteiger partial charge in [-0.1, -0.05) is 19.1 Å². The Morgan fingerprint density at radius 3 is 2.76 bits per heavy atom. The van der Waals surface area contributed by atoms with Gasteiger partial charge in [-0.25, -0.2) is 13.1 Å². The van der Waals surface area contributed by atoms with Crippen LogP contribution in [0.1, 0.15) is 19.8 Å². The lowest BCUT2D eigenvalue weighted by Crippen LogP contribution is -2.26. The van der Waals surface area contributed by atoms with Gasteiger partial charge < -0.3 is 10.2 Å². The Labute approximate surface area is 127 Å². The predicted molar refractivity (Wildman–Crippen MR) is 86.0 cm³/mol. The quantitative estimate of drug-likeness (QED) is 0.805. The zero-order valence-electron chi connectivity index (χ0n) is 12.8. The number of anilines is 1. The van der Waals surface area contributed by atoms with E-state index in [2.05, 4.69) is 22.0 Å². The zero-order chi connectivity index (χ0) is 15.3. The third-order valence-corrected chi connectivity index (χ3v) is 5.31. The Hall–Kier alpha value is -1.11. The molecule has 0 aromatic heterocycles. The molecule has 0 amide bonds. The van der Waals surface area contributed by atoms with E-state index in [4.69, 9.17) is 0 Å². The molecule has 5 nitrogen and oxygen atoms in total. The molecule has 0 aliphatic carbocycles. The fourth-order valence-electron chi connectivity index (χ4n) is 2.61. The summed E-state index contributed by atoms with van der Waals surface area (Å²) in [6.07, 6.45) is 1.94. The number of hydrogen-bond acceptors (Lipinski definition) is 4. The van der Waals surface area contributed by atoms with Gasteiger partial charge in [-0.05, 0) is 44.5 Å². The van der Waals surface area contributed by atoms with Crippen LogP contribution in [0.25, 0.3) is 0 Å². The molecule has 1 unspecified atom stereocenters. The van der Waals surface area contributed by atoms with Crippen LogP contribution in [0, 0.1) is 5.92 Å². The molecule has 1 aromatic rings. The minimum atomic E-state index is -3.43. The third kappa shape index (κ3) is 4.43. The van der Waals surface area contributed by atoms with Crippen molar-refractivity contribution in [3.63, 3.8) is 0 Å². The molecular weight excluding hydrogens is 286 g/mol. The van der Waals surface area contributed by atoms with Gasteiger partial charge in [-0.15, -0.1) is 0 Å². The molecule has 0 radical (unpaired) electrons. The summed E-state index contributed by atoms with van der Waals surface area (Å²) >= 11 is 0. The first-order valence-electron chi connectivity index (χ1n) is 7.54. The van der Waals surface area contributed by atoms with Crippen molar-refractivity contribution < 1.29 is 8.42 Å². The van der Waals surface area contributed by atoms with Crippen molar-refractivity contribution in [2.24, 2.45) is 5.92 Å². The van der Waals surface area contributed by atoms with Crippen molar-refractivity contribution in [2.75, 3.05) is 38.5 Å². The van der Waals surface area contributed by atoms with E-state index in [0.717, 1.165) is 32.5 Å². The van der Waals surface area contributed by atoms with Crippen LogP contribution in [0.15, 0.2) is 29.2 Å². The van der Waals surface area contributed by atoms with Gasteiger partial charge >= 0.3 is 0 Å². The number of sulfonamides is 1. The highest BCUT2D eigenvalue weighted by atomic mass is 32.2. The summed E-state index contributed by atoms with van der Waals surface area (Å²) in [5, 5.41) is 3.31. The van der Waals surface area contributed by atoms with Crippen LogP contribution >= 0.6 is 0 Å². The summed E-state index contributed by atoms with van der Waals surface area (Å²) in [6.45, 7) is 5.40. The Balaban J connectivity index is 2.06. The fraction of sp³-hybridized carbons (Fsp3) is 0.600. The molecular formula is C15H25N3O2S. The maximum atomic E-state index is 12.3. The Kier molecular flexibility index (Phi) is 5.61. The lowest BCUT2D eigenvalue weighted by Gasteiger charge is -2.16. The van der Waals surface area contributed by atoms with Gasteiger partial charge in [0.05, 0.1) is 5.69 Å². The fourth-order valence-corrected chi connectivity index (χ4v) is 3.92. The highest BCUT2D eigenvalue weighted by molar-refractivity contribution is 7.89. The van der Waals surface area contributed by atoms with Crippen molar-refractivity contribution in [3.8, 4) is 0 Å². The van der Waals surface area contributed by atoms with Crippen molar-refractivity contribution in [1.82, 2.24) is 9.62 Å². The molecule has 0 saturated carbocycles. The monoisotopic (exact) mass is 311 g/mol. The number of hydrogen-bond donors (Lipinski definition) is 2. The number of nitrogens with zero attached hydrogens (tertiary/aromatic N) is 1. The molecule has 1 aliphatic rings. The first kappa shape index (κ1) is 16.3. The van der Waals surface area contributed by atoms with Crippen LogP contribution in [0.5, 0.6) is 0 Å². The summed E-state index contributed by atoms with van der Waals surface area (Å²) in [4.78, 5) is 2.64. The van der Waals surface area contributed by atoms with Gasteiger partial charge in [-0.2, -0.15) is 0 Å². The van der Waals surface area contributed by atoms with Crippen LogP contribution in [0.2, 0.25) is 0 Å². The van der Waals surface area contributed by atoms with Gasteiger partial charge in [0, 0.05) is 19.6 Å². The van der Waals surface area contributed by atoms with Crippen LogP contribution < -0.4 is 10.0 Å². The number of benzene rings is 1. The van der Waals surface area contributed by atoms with Gasteiger partial charge in [0.2, 0.25) is 10.0 Å². The van der Waals surface area contributed by atoms with Gasteiger partial charge in [0.25, 0.3) is 0 Å². The van der Waals surface area contributed by atoms with Gasteiger partial charge in [0.15, 0.2) is 0 Å². The molecule has 1 aromatic carbocycles. The minimum Gasteiger partial charge on any atom is -0.384 e. The predicted octanol–water partition coefficient (Wildman–Crippen LogP) is 1.74. The molecule has 21 heavy (non-hydrogen) atoms. The standard InChI is InChI=1S/C15H25N3O2S/c1-3-9-17-21(19,20)15-7-5-4-6-14(15)16-11-13-8-10-18(2)12-13/h4-7,13,16-17H,3,8-12H2,1-2H3. The summed E-state index contributed by atoms with van der Waals surface area (Å²) in [7, 11) is -1.31. The lowest BCUT2D eigenvalue weighted by molar-refractivity contribution is 0.399. The van der Waals surface area contributed by atoms with E-state index < -0.39 is 10.0 Å². The van der Waals surface area contributed by atoms with Crippen molar-refractivity contribution >= 4 is 15.7 Å². The largest absolute Gasteiger partial charge is 0.384 e. The van der Waals surface area contributed by atoms with Crippen molar-refractivity contribution in [3.05, 3.63) is 24.3 Å². The summed E-state index contributed by atoms with van der Waals surface area (Å²) in [5.41, 5.74) is 0.690. The van der Waals surface area contributed by atoms with Crippen LogP contribution in [0.4, 0.5) is 5.69 Å². The second-order valence-electron chi connectivity index (χ2n) is 5.69. The first-order chi connectivity index (χ1) is 10.0. The second-order valence-corrected chi connectivity index (χ2v) is 7.43. The number of likely N-dealkylation sites (tertiary alicyclic amines) is 1. The first-order valence-corrected chi connectivity index (χ1v) is 9.02. The molecule has 1 atom stereocenters. The zero-order valence-corrected chi connectivity index (χ0v) is 13.6. The number of rotatable bonds is 7. The maximum absolute atomic E-state index is 12.3. The average molecular weight is 311 g/mol. The van der Waals surface area contributed by atoms with Crippen LogP contribution in [0.3, 0.4) is 0 Å². The number of para-hydroxylation sites is 1. The Morgan fingerprint density at radius 2 is 2.10 bits per heavy atom. The van der Waals surface area contributed by atoms with Crippen molar-refractivity contribution in [2.45, 2.75) is 24.7 Å². The normalized spacial score (nSPS) is 19.8. The molecule has 0 spiro atoms. The lowest BCUT2D eigenvalue weighted by atomic mass is 10.1. The molecule has 1 saturated heterocycles. The topological polar surface area (TPSA) is 61.4 Å². The van der Waals surface area contributed by atoms with Crippen LogP contribution in [-0.2, 0) is 10.0 Å². The summed E-state index contributed by atoms with van der Waals surface area (Å²) in [5.74, 6) is 0.578. The highest BCUT2D eigenvalue weighted by Crippen LogP contribution is 2.22. The molecule has 1 aliphatic heterocycles. The average Bonchev–Trinajstić information content (AvgIpc) is 2.89. The van der Waals surface area contributed by atoms with Crippen LogP contribution in [-0.4, -0.2) is 46.5 Å². The van der Waals surface area contributed by atoms with E-state index in [1.54, 1.807) is 12.1 Å². The summed E-state index contributed by atoms with van der Waals surface area (Å²) < 4.78 is 27.2. The van der Waals surface area contributed by atoms with Gasteiger partial charge in [0.1, 0.15) is 4.90 Å². The smallest absolute Gasteiger partial charge is 0.242 e. The molecule has 1 heterocycles. The van der Waals surface area contributed by atoms with E-state index in [1.807, 2.05) is 19.1 Å². The second kappa shape index (κ2) is 7.24. The Morgan fingerprint density at radius 1 is 1.33 bits per heavy atom. The van der Waals surface area contributed by atoms with E-state index in [9.17, 15) is 8.42 Å². The molecule has 1 fully saturated rings. The highest BCUT2D eigenvalue weighted by Gasteiger charge is 2.21. The van der Waals surface area contributed by atoms with E-state index >= 15 is 0 Å². The third-order valence-electron chi connectivity index (χ3n) is 3.79. The minimum absolute atomic E-state index is 0.338. The Bertz CT molecular complexity index is 560. The molecule has 0 bridgehead atoms. The SMILES string of the molecule is CCCNS(=O)(=O)c1ccccc1NCC1CCN(C)C1. The number of nitrogens with one attached hydrogen (secondary N) is 2. The molecule has 6 heteroatoms. The maximum Gasteiger partial charge on any atom is 0.242 e.